The summed E-state index contributed by atoms with van der Waals surface area (Å²) in [5.74, 6) is 1.26. The summed E-state index contributed by atoms with van der Waals surface area (Å²) >= 11 is 5.27. The van der Waals surface area contributed by atoms with Crippen molar-refractivity contribution in [2.24, 2.45) is 10.2 Å². The third-order valence-corrected chi connectivity index (χ3v) is 4.54. The third-order valence-electron chi connectivity index (χ3n) is 4.36. The Balaban J connectivity index is 1.87. The van der Waals surface area contributed by atoms with Crippen LogP contribution in [0.15, 0.2) is 46.6 Å². The van der Waals surface area contributed by atoms with E-state index in [4.69, 9.17) is 21.7 Å². The number of nitrogens with zero attached hydrogens (tertiary/aromatic N) is 3. The number of hydrogen-bond donors (Lipinski definition) is 2. The Bertz CT molecular complexity index is 1060. The zero-order valence-corrected chi connectivity index (χ0v) is 17.0. The van der Waals surface area contributed by atoms with E-state index in [0.717, 1.165) is 16.5 Å². The van der Waals surface area contributed by atoms with E-state index in [1.807, 2.05) is 32.0 Å². The largest absolute Gasteiger partial charge is 0.493 e. The van der Waals surface area contributed by atoms with Gasteiger partial charge in [0, 0.05) is 23.7 Å². The molecular formula is C20H22N4O3S. The van der Waals surface area contributed by atoms with Gasteiger partial charge in [0.2, 0.25) is 11.0 Å². The second-order valence-electron chi connectivity index (χ2n) is 6.14. The summed E-state index contributed by atoms with van der Waals surface area (Å²) in [5.41, 5.74) is 3.07. The first-order chi connectivity index (χ1) is 13.5. The molecule has 0 aliphatic rings. The summed E-state index contributed by atoms with van der Waals surface area (Å²) in [5, 5.41) is 22.8. The molecule has 2 aromatic carbocycles. The number of fused-ring (bicyclic) bond motifs is 1. The van der Waals surface area contributed by atoms with Crippen molar-refractivity contribution in [2.45, 2.75) is 20.4 Å². The van der Waals surface area contributed by atoms with E-state index in [9.17, 15) is 5.11 Å². The topological polar surface area (TPSA) is 80.4 Å². The number of aryl methyl sites for hydroxylation is 2. The molecule has 3 aromatic rings. The van der Waals surface area contributed by atoms with Gasteiger partial charge in [0.25, 0.3) is 0 Å². The number of aromatic nitrogens is 1. The highest BCUT2D eigenvalue weighted by molar-refractivity contribution is 7.80. The van der Waals surface area contributed by atoms with Gasteiger partial charge in [-0.15, -0.1) is 10.2 Å². The Morgan fingerprint density at radius 1 is 1.14 bits per heavy atom. The molecule has 0 amide bonds. The maximum absolute atomic E-state index is 10.5. The fraction of sp³-hybridized carbons (Fsp3) is 0.250. The van der Waals surface area contributed by atoms with Crippen molar-refractivity contribution in [3.63, 3.8) is 0 Å². The Labute approximate surface area is 168 Å². The smallest absolute Gasteiger partial charge is 0.220 e. The lowest BCUT2D eigenvalue weighted by Crippen LogP contribution is -2.05. The molecule has 0 atom stereocenters. The zero-order chi connectivity index (χ0) is 20.3. The maximum atomic E-state index is 10.5. The molecule has 0 aliphatic heterocycles. The highest BCUT2D eigenvalue weighted by Crippen LogP contribution is 2.39. The lowest BCUT2D eigenvalue weighted by Gasteiger charge is -2.09. The predicted octanol–water partition coefficient (Wildman–Crippen LogP) is 5.17. The number of ether oxygens (including phenoxy) is 2. The Kier molecular flexibility index (Phi) is 5.79. The molecule has 0 radical (unpaired) electrons. The van der Waals surface area contributed by atoms with Gasteiger partial charge in [-0.2, -0.15) is 0 Å². The average Bonchev–Trinajstić information content (AvgIpc) is 2.96. The standard InChI is InChI=1S/C20H22N4O3S/c1-5-24-15-8-6-12(2)10-14(15)18(19(24)25)22-23-20(28)21-13-7-9-16(26-3)17(11-13)27-4/h6-11,25H,5H2,1-4H3,(H,21,28). The number of nitrogens with one attached hydrogen (secondary N) is 1. The second kappa shape index (κ2) is 8.26. The minimum absolute atomic E-state index is 0.0702. The van der Waals surface area contributed by atoms with Gasteiger partial charge in [-0.3, -0.25) is 0 Å². The SMILES string of the molecule is CCn1c(O)c(N=NC(=S)Nc2ccc(OC)c(OC)c2)c2cc(C)ccc21. The van der Waals surface area contributed by atoms with Crippen LogP contribution in [0.25, 0.3) is 10.9 Å². The molecule has 1 heterocycles. The fourth-order valence-corrected chi connectivity index (χ4v) is 3.17. The number of thiocarbonyl (C=S) groups is 1. The van der Waals surface area contributed by atoms with Crippen LogP contribution in [0.4, 0.5) is 11.4 Å². The van der Waals surface area contributed by atoms with Crippen LogP contribution in [0, 0.1) is 6.92 Å². The van der Waals surface area contributed by atoms with E-state index in [1.165, 1.54) is 0 Å². The molecule has 146 valence electrons. The maximum Gasteiger partial charge on any atom is 0.220 e. The van der Waals surface area contributed by atoms with Crippen LogP contribution in [0.5, 0.6) is 17.4 Å². The number of aromatic hydroxyl groups is 1. The molecule has 0 aliphatic carbocycles. The van der Waals surface area contributed by atoms with Crippen molar-refractivity contribution in [3.05, 3.63) is 42.0 Å². The van der Waals surface area contributed by atoms with E-state index in [2.05, 4.69) is 15.5 Å². The normalized spacial score (nSPS) is 11.1. The average molecular weight is 398 g/mol. The lowest BCUT2D eigenvalue weighted by atomic mass is 10.1. The van der Waals surface area contributed by atoms with Crippen LogP contribution in [0.2, 0.25) is 0 Å². The van der Waals surface area contributed by atoms with E-state index in [1.54, 1.807) is 37.0 Å². The molecule has 0 saturated carbocycles. The number of anilines is 1. The monoisotopic (exact) mass is 398 g/mol. The molecule has 1 aromatic heterocycles. The van der Waals surface area contributed by atoms with Crippen LogP contribution in [-0.4, -0.2) is 29.0 Å². The van der Waals surface area contributed by atoms with Crippen molar-refractivity contribution in [1.82, 2.24) is 4.57 Å². The Morgan fingerprint density at radius 3 is 2.57 bits per heavy atom. The first-order valence-electron chi connectivity index (χ1n) is 8.75. The molecular weight excluding hydrogens is 376 g/mol. The van der Waals surface area contributed by atoms with Crippen LogP contribution in [0.3, 0.4) is 0 Å². The molecule has 0 spiro atoms. The Morgan fingerprint density at radius 2 is 1.89 bits per heavy atom. The van der Waals surface area contributed by atoms with Crippen LogP contribution in [-0.2, 0) is 6.54 Å². The molecule has 0 saturated heterocycles. The summed E-state index contributed by atoms with van der Waals surface area (Å²) in [6, 6.07) is 11.3. The van der Waals surface area contributed by atoms with E-state index in [0.29, 0.717) is 29.4 Å². The third kappa shape index (κ3) is 3.77. The van der Waals surface area contributed by atoms with Gasteiger partial charge in [0.05, 0.1) is 19.7 Å². The number of benzene rings is 2. The molecule has 8 heteroatoms. The van der Waals surface area contributed by atoms with Gasteiger partial charge >= 0.3 is 0 Å². The first-order valence-corrected chi connectivity index (χ1v) is 9.15. The molecule has 2 N–H and O–H groups in total. The molecule has 28 heavy (non-hydrogen) atoms. The minimum Gasteiger partial charge on any atom is -0.493 e. The first kappa shape index (κ1) is 19.6. The zero-order valence-electron chi connectivity index (χ0n) is 16.2. The molecule has 7 nitrogen and oxygen atoms in total. The van der Waals surface area contributed by atoms with Gasteiger partial charge < -0.3 is 24.5 Å². The number of rotatable bonds is 5. The van der Waals surface area contributed by atoms with Crippen molar-refractivity contribution in [3.8, 4) is 17.4 Å². The second-order valence-corrected chi connectivity index (χ2v) is 6.52. The summed E-state index contributed by atoms with van der Waals surface area (Å²) in [4.78, 5) is 0. The van der Waals surface area contributed by atoms with Crippen LogP contribution in [0.1, 0.15) is 12.5 Å². The van der Waals surface area contributed by atoms with Gasteiger partial charge in [-0.25, -0.2) is 0 Å². The summed E-state index contributed by atoms with van der Waals surface area (Å²) < 4.78 is 12.3. The predicted molar refractivity (Wildman–Crippen MR) is 114 cm³/mol. The summed E-state index contributed by atoms with van der Waals surface area (Å²) in [6.07, 6.45) is 0. The fourth-order valence-electron chi connectivity index (χ4n) is 3.01. The quantitative estimate of drug-likeness (QED) is 0.458. The van der Waals surface area contributed by atoms with Crippen molar-refractivity contribution < 1.29 is 14.6 Å². The van der Waals surface area contributed by atoms with Crippen molar-refractivity contribution in [1.29, 1.82) is 0 Å². The van der Waals surface area contributed by atoms with Gasteiger partial charge in [0.1, 0.15) is 0 Å². The summed E-state index contributed by atoms with van der Waals surface area (Å²) in [7, 11) is 3.14. The van der Waals surface area contributed by atoms with E-state index >= 15 is 0 Å². The Hall–Kier alpha value is -3.13. The van der Waals surface area contributed by atoms with Crippen molar-refractivity contribution in [2.75, 3.05) is 19.5 Å². The minimum atomic E-state index is 0.0702. The molecule has 0 bridgehead atoms. The number of hydrogen-bond acceptors (Lipinski definition) is 5. The van der Waals surface area contributed by atoms with Crippen LogP contribution < -0.4 is 14.8 Å². The molecule has 0 fully saturated rings. The van der Waals surface area contributed by atoms with Crippen molar-refractivity contribution >= 4 is 39.6 Å². The highest BCUT2D eigenvalue weighted by Gasteiger charge is 2.16. The number of azo groups is 1. The van der Waals surface area contributed by atoms with E-state index in [-0.39, 0.29) is 11.0 Å². The lowest BCUT2D eigenvalue weighted by molar-refractivity contribution is 0.355. The highest BCUT2D eigenvalue weighted by atomic mass is 32.1. The van der Waals surface area contributed by atoms with Gasteiger partial charge in [-0.05, 0) is 50.3 Å². The molecule has 3 rings (SSSR count). The van der Waals surface area contributed by atoms with E-state index < -0.39 is 0 Å². The molecule has 0 unspecified atom stereocenters. The van der Waals surface area contributed by atoms with Crippen LogP contribution >= 0.6 is 12.2 Å². The summed E-state index contributed by atoms with van der Waals surface area (Å²) in [6.45, 7) is 4.57. The van der Waals surface area contributed by atoms with Gasteiger partial charge in [0.15, 0.2) is 17.2 Å². The van der Waals surface area contributed by atoms with Gasteiger partial charge in [-0.1, -0.05) is 11.6 Å². The number of methoxy groups -OCH3 is 2.